The number of hydrogen-bond acceptors (Lipinski definition) is 5. The molecule has 5 nitrogen and oxygen atoms in total. The monoisotopic (exact) mass is 376 g/mol. The van der Waals surface area contributed by atoms with Gasteiger partial charge in [-0.25, -0.2) is 0 Å². The molecule has 1 aliphatic heterocycles. The maximum atomic E-state index is 12.9. The molecule has 1 saturated heterocycles. The molecule has 1 aliphatic rings. The van der Waals surface area contributed by atoms with Crippen LogP contribution in [0.3, 0.4) is 0 Å². The van der Waals surface area contributed by atoms with Gasteiger partial charge in [-0.3, -0.25) is 9.69 Å². The van der Waals surface area contributed by atoms with E-state index in [-0.39, 0.29) is 18.0 Å². The molecule has 2 atom stereocenters. The molecule has 0 aromatic heterocycles. The molecule has 0 aliphatic carbocycles. The lowest BCUT2D eigenvalue weighted by Crippen LogP contribution is -2.48. The van der Waals surface area contributed by atoms with E-state index in [2.05, 4.69) is 30.7 Å². The van der Waals surface area contributed by atoms with Crippen molar-refractivity contribution in [1.82, 2.24) is 9.80 Å². The Kier molecular flexibility index (Phi) is 9.25. The fourth-order valence-corrected chi connectivity index (χ4v) is 3.35. The molecule has 2 rings (SSSR count). The van der Waals surface area contributed by atoms with Gasteiger partial charge in [0.2, 0.25) is 0 Å². The molecule has 5 heteroatoms. The van der Waals surface area contributed by atoms with Crippen LogP contribution >= 0.6 is 0 Å². The van der Waals surface area contributed by atoms with E-state index in [0.29, 0.717) is 19.1 Å². The highest BCUT2D eigenvalue weighted by atomic mass is 16.6. The molecule has 0 N–H and O–H groups in total. The number of carbonyl (C=O) groups is 1. The molecule has 0 spiro atoms. The van der Waals surface area contributed by atoms with Crippen LogP contribution in [0, 0.1) is 5.92 Å². The third-order valence-corrected chi connectivity index (χ3v) is 4.99. The quantitative estimate of drug-likeness (QED) is 0.587. The molecule has 152 valence electrons. The summed E-state index contributed by atoms with van der Waals surface area (Å²) in [4.78, 5) is 17.6. The summed E-state index contributed by atoms with van der Waals surface area (Å²) < 4.78 is 11.8. The molecule has 0 radical (unpaired) electrons. The maximum Gasteiger partial charge on any atom is 0.313 e. The van der Waals surface area contributed by atoms with E-state index in [9.17, 15) is 4.79 Å². The smallest absolute Gasteiger partial charge is 0.313 e. The first-order chi connectivity index (χ1) is 13.0. The second-order valence-electron chi connectivity index (χ2n) is 7.97. The average Bonchev–Trinajstić information content (AvgIpc) is 2.64. The van der Waals surface area contributed by atoms with Gasteiger partial charge in [-0.1, -0.05) is 51.1 Å². The van der Waals surface area contributed by atoms with Gasteiger partial charge in [0.05, 0.1) is 12.5 Å². The zero-order valence-corrected chi connectivity index (χ0v) is 17.4. The fourth-order valence-electron chi connectivity index (χ4n) is 3.35. The van der Waals surface area contributed by atoms with E-state index < -0.39 is 0 Å². The SMILES string of the molecule is CC[C@@H](C(=O)O[C@H](COCC(C)C)CN1CCN(C)CC1)c1ccccc1. The summed E-state index contributed by atoms with van der Waals surface area (Å²) in [5.41, 5.74) is 1.02. The number of hydrogen-bond donors (Lipinski definition) is 0. The molecule has 0 bridgehead atoms. The molecule has 1 aromatic carbocycles. The highest BCUT2D eigenvalue weighted by Gasteiger charge is 2.26. The number of likely N-dealkylation sites (N-methyl/N-ethyl adjacent to an activating group) is 1. The van der Waals surface area contributed by atoms with Gasteiger partial charge >= 0.3 is 5.97 Å². The largest absolute Gasteiger partial charge is 0.458 e. The average molecular weight is 377 g/mol. The standard InChI is InChI=1S/C22H36N2O3/c1-5-21(19-9-7-6-8-10-19)22(25)27-20(17-26-16-18(2)3)15-24-13-11-23(4)12-14-24/h6-10,18,20-21H,5,11-17H2,1-4H3/t20-,21+/m0/s1. The summed E-state index contributed by atoms with van der Waals surface area (Å²) in [6, 6.07) is 9.91. The molecule has 1 heterocycles. The van der Waals surface area contributed by atoms with Gasteiger partial charge in [-0.2, -0.15) is 0 Å². The van der Waals surface area contributed by atoms with Crippen LogP contribution in [0.2, 0.25) is 0 Å². The third kappa shape index (κ3) is 7.60. The molecule has 0 saturated carbocycles. The lowest BCUT2D eigenvalue weighted by molar-refractivity contribution is -0.155. The van der Waals surface area contributed by atoms with Gasteiger partial charge in [-0.05, 0) is 24.9 Å². The van der Waals surface area contributed by atoms with E-state index in [4.69, 9.17) is 9.47 Å². The van der Waals surface area contributed by atoms with Crippen molar-refractivity contribution in [3.05, 3.63) is 35.9 Å². The Morgan fingerprint density at radius 1 is 1.07 bits per heavy atom. The summed E-state index contributed by atoms with van der Waals surface area (Å²) in [5, 5.41) is 0. The van der Waals surface area contributed by atoms with Crippen molar-refractivity contribution in [3.63, 3.8) is 0 Å². The Morgan fingerprint density at radius 2 is 1.74 bits per heavy atom. The van der Waals surface area contributed by atoms with E-state index in [1.807, 2.05) is 37.3 Å². The number of esters is 1. The first kappa shape index (κ1) is 21.9. The van der Waals surface area contributed by atoms with Gasteiger partial charge in [0.25, 0.3) is 0 Å². The van der Waals surface area contributed by atoms with E-state index in [0.717, 1.165) is 44.7 Å². The van der Waals surface area contributed by atoms with Crippen molar-refractivity contribution < 1.29 is 14.3 Å². The Labute approximate surface area is 164 Å². The third-order valence-electron chi connectivity index (χ3n) is 4.99. The number of ether oxygens (including phenoxy) is 2. The second kappa shape index (κ2) is 11.4. The molecule has 1 fully saturated rings. The topological polar surface area (TPSA) is 42.0 Å². The van der Waals surface area contributed by atoms with E-state index in [1.54, 1.807) is 0 Å². The highest BCUT2D eigenvalue weighted by molar-refractivity contribution is 5.78. The number of nitrogens with zero attached hydrogens (tertiary/aromatic N) is 2. The predicted molar refractivity (Wildman–Crippen MR) is 109 cm³/mol. The van der Waals surface area contributed by atoms with Crippen molar-refractivity contribution in [2.75, 3.05) is 53.0 Å². The van der Waals surface area contributed by atoms with Crippen molar-refractivity contribution >= 4 is 5.97 Å². The predicted octanol–water partition coefficient (Wildman–Crippen LogP) is 3.01. The molecule has 0 unspecified atom stereocenters. The van der Waals surface area contributed by atoms with Crippen LogP contribution in [0.25, 0.3) is 0 Å². The normalized spacial score (nSPS) is 18.4. The molecular weight excluding hydrogens is 340 g/mol. The number of piperazine rings is 1. The summed E-state index contributed by atoms with van der Waals surface area (Å²) in [6.45, 7) is 12.3. The lowest BCUT2D eigenvalue weighted by atomic mass is 9.97. The van der Waals surface area contributed by atoms with Gasteiger partial charge in [0.1, 0.15) is 6.10 Å². The Bertz CT molecular complexity index is 542. The van der Waals surface area contributed by atoms with Crippen molar-refractivity contribution in [3.8, 4) is 0 Å². The highest BCUT2D eigenvalue weighted by Crippen LogP contribution is 2.22. The summed E-state index contributed by atoms with van der Waals surface area (Å²) >= 11 is 0. The van der Waals surface area contributed by atoms with E-state index >= 15 is 0 Å². The lowest BCUT2D eigenvalue weighted by Gasteiger charge is -2.34. The van der Waals surface area contributed by atoms with Crippen LogP contribution in [-0.4, -0.2) is 74.9 Å². The Hall–Kier alpha value is -1.43. The second-order valence-corrected chi connectivity index (χ2v) is 7.97. The molecule has 27 heavy (non-hydrogen) atoms. The minimum Gasteiger partial charge on any atom is -0.458 e. The minimum absolute atomic E-state index is 0.143. The van der Waals surface area contributed by atoms with Crippen LogP contribution in [-0.2, 0) is 14.3 Å². The Balaban J connectivity index is 1.97. The van der Waals surface area contributed by atoms with Gasteiger partial charge in [0, 0.05) is 39.3 Å². The Morgan fingerprint density at radius 3 is 2.33 bits per heavy atom. The summed E-state index contributed by atoms with van der Waals surface area (Å²) in [6.07, 6.45) is 0.508. The van der Waals surface area contributed by atoms with Crippen molar-refractivity contribution in [2.45, 2.75) is 39.2 Å². The first-order valence-corrected chi connectivity index (χ1v) is 10.2. The van der Waals surface area contributed by atoms with Gasteiger partial charge in [-0.15, -0.1) is 0 Å². The summed E-state index contributed by atoms with van der Waals surface area (Å²) in [7, 11) is 2.15. The number of rotatable bonds is 10. The van der Waals surface area contributed by atoms with Crippen molar-refractivity contribution in [2.24, 2.45) is 5.92 Å². The zero-order chi connectivity index (χ0) is 19.6. The van der Waals surface area contributed by atoms with Gasteiger partial charge < -0.3 is 14.4 Å². The first-order valence-electron chi connectivity index (χ1n) is 10.2. The van der Waals surface area contributed by atoms with Crippen molar-refractivity contribution in [1.29, 1.82) is 0 Å². The number of benzene rings is 1. The van der Waals surface area contributed by atoms with E-state index in [1.165, 1.54) is 0 Å². The van der Waals surface area contributed by atoms with Crippen LogP contribution in [0.15, 0.2) is 30.3 Å². The van der Waals surface area contributed by atoms with Crippen LogP contribution < -0.4 is 0 Å². The van der Waals surface area contributed by atoms with Crippen LogP contribution in [0.1, 0.15) is 38.7 Å². The molecular formula is C22H36N2O3. The molecule has 1 aromatic rings. The summed E-state index contributed by atoms with van der Waals surface area (Å²) in [5.74, 6) is 0.111. The fraction of sp³-hybridized carbons (Fsp3) is 0.682. The minimum atomic E-state index is -0.225. The van der Waals surface area contributed by atoms with Gasteiger partial charge in [0.15, 0.2) is 0 Å². The van der Waals surface area contributed by atoms with Crippen LogP contribution in [0.4, 0.5) is 0 Å². The molecule has 0 amide bonds. The van der Waals surface area contributed by atoms with Crippen LogP contribution in [0.5, 0.6) is 0 Å². The maximum absolute atomic E-state index is 12.9. The number of carbonyl (C=O) groups excluding carboxylic acids is 1. The zero-order valence-electron chi connectivity index (χ0n) is 17.4.